The van der Waals surface area contributed by atoms with Gasteiger partial charge in [0, 0.05) is 141 Å². The number of para-hydroxylation sites is 1. The minimum absolute atomic E-state index is 0.00952. The van der Waals surface area contributed by atoms with Gasteiger partial charge in [0.2, 0.25) is 23.1 Å². The highest BCUT2D eigenvalue weighted by atomic mass is 31.3. The average molecular weight is 1280 g/mol. The van der Waals surface area contributed by atoms with Crippen molar-refractivity contribution in [1.82, 2.24) is 24.3 Å². The second-order valence-electron chi connectivity index (χ2n) is 21.7. The molecule has 4 N–H and O–H groups in total. The molecule has 3 amide bonds. The van der Waals surface area contributed by atoms with Crippen LogP contribution in [0.3, 0.4) is 0 Å². The molecule has 0 bridgehead atoms. The van der Waals surface area contributed by atoms with E-state index in [1.54, 1.807) is 34.7 Å². The molecule has 4 aliphatic rings. The molecule has 0 spiro atoms. The van der Waals surface area contributed by atoms with Gasteiger partial charge in [0.05, 0.1) is 42.6 Å². The first-order chi connectivity index (χ1) is 42.0. The van der Waals surface area contributed by atoms with Crippen molar-refractivity contribution in [1.29, 1.82) is 0 Å². The number of aliphatic hydroxyl groups is 1. The zero-order valence-electron chi connectivity index (χ0n) is 49.2. The number of nitrogens with one attached hydrogen (secondary N) is 1. The lowest BCUT2D eigenvalue weighted by atomic mass is 9.89. The predicted molar refractivity (Wildman–Crippen MR) is 318 cm³/mol. The highest BCUT2D eigenvalue weighted by Gasteiger charge is 2.41. The molecule has 1 aromatic heterocycles. The molecular formula is C60H65N6O20P3-2. The summed E-state index contributed by atoms with van der Waals surface area (Å²) in [6.07, 6.45) is -2.21. The maximum atomic E-state index is 13.6. The van der Waals surface area contributed by atoms with Crippen LogP contribution >= 0.6 is 23.0 Å². The topological polar surface area (TPSA) is 371 Å². The zero-order chi connectivity index (χ0) is 64.7. The Morgan fingerprint density at radius 1 is 0.899 bits per heavy atom. The quantitative estimate of drug-likeness (QED) is 0.0115. The monoisotopic (exact) mass is 1280 g/mol. The molecule has 4 aromatic rings. The van der Waals surface area contributed by atoms with Gasteiger partial charge in [-0.2, -0.15) is 0 Å². The number of ketones is 3. The second kappa shape index (κ2) is 28.4. The van der Waals surface area contributed by atoms with Crippen LogP contribution in [0.15, 0.2) is 101 Å². The molecular weight excluding hydrogens is 1220 g/mol. The number of aliphatic hydroxyl groups excluding tert-OH is 1. The van der Waals surface area contributed by atoms with Crippen LogP contribution in [0.4, 0.5) is 5.69 Å². The van der Waals surface area contributed by atoms with Crippen molar-refractivity contribution in [2.75, 3.05) is 58.7 Å². The van der Waals surface area contributed by atoms with Gasteiger partial charge in [-0.3, -0.25) is 33.7 Å². The molecule has 4 heterocycles. The standard InChI is InChI=1S/C60H67N6O20P3/c1-6-64(56(72)24-20-42(67)13-8-7-12-38-33-66(57(73)29-50(38)69)58-30-51(70)54(85-58)35-83-87(76,77)36-88(78,79)86-89(80,81)82)31-39-32-65(48-15-10-9-14-43(39)48)34-55(71)61-25-11-16-49(68)37-17-21-44(47(26-37)60(74)75)59-45-22-18-40(62(2)3)27-52(45)84-53-28-41(63(4)5)19-23-46(53)59/h9-10,14-15,17-19,21-23,26-28,32-33,51,54,58,70H,6,8,11,13,16,20,24-25,29-31,34-36H2,1-5H3,(H5-,61,71,74,75,76,77,78,79,80,81,82)/p-2. The van der Waals surface area contributed by atoms with Gasteiger partial charge in [-0.1, -0.05) is 42.2 Å². The number of anilines is 1. The fourth-order valence-corrected chi connectivity index (χ4v) is 14.7. The summed E-state index contributed by atoms with van der Waals surface area (Å²) in [4.78, 5) is 138. The number of allylic oxidation sites excluding steroid dienone is 1. The van der Waals surface area contributed by atoms with Crippen molar-refractivity contribution in [3.63, 3.8) is 0 Å². The summed E-state index contributed by atoms with van der Waals surface area (Å²) in [7, 11) is -8.97. The van der Waals surface area contributed by atoms with Gasteiger partial charge in [-0.15, -0.1) is 0 Å². The summed E-state index contributed by atoms with van der Waals surface area (Å²) in [5.74, 6) is -0.0989. The third kappa shape index (κ3) is 17.2. The number of nitrogens with zero attached hydrogens (tertiary/aromatic N) is 5. The lowest BCUT2D eigenvalue weighted by molar-refractivity contribution is -0.255. The summed E-state index contributed by atoms with van der Waals surface area (Å²) in [5.41, 5.74) is 4.45. The molecule has 1 saturated heterocycles. The molecule has 3 aromatic carbocycles. The molecule has 0 saturated carbocycles. The number of hydrogen-bond acceptors (Lipinski definition) is 19. The number of hydrogen-bond donors (Lipinski definition) is 4. The lowest BCUT2D eigenvalue weighted by Gasteiger charge is -2.32. The van der Waals surface area contributed by atoms with Gasteiger partial charge in [0.25, 0.3) is 0 Å². The molecule has 1 aliphatic carbocycles. The molecule has 29 heteroatoms. The van der Waals surface area contributed by atoms with Crippen LogP contribution < -0.4 is 35.0 Å². The number of carbonyl (C=O) groups is 7. The number of amides is 3. The van der Waals surface area contributed by atoms with Gasteiger partial charge in [0.1, 0.15) is 57.7 Å². The minimum atomic E-state index is -5.62. The number of aromatic nitrogens is 1. The maximum absolute atomic E-state index is 13.6. The van der Waals surface area contributed by atoms with E-state index in [-0.39, 0.29) is 105 Å². The Balaban J connectivity index is 0.811. The Kier molecular flexibility index (Phi) is 21.4. The average Bonchev–Trinajstić information content (AvgIpc) is 1.45. The van der Waals surface area contributed by atoms with Crippen LogP contribution in [0, 0.1) is 11.8 Å². The van der Waals surface area contributed by atoms with E-state index in [0.717, 1.165) is 38.6 Å². The Morgan fingerprint density at radius 3 is 2.35 bits per heavy atom. The smallest absolute Gasteiger partial charge is 0.474 e. The highest BCUT2D eigenvalue weighted by Crippen LogP contribution is 2.61. The van der Waals surface area contributed by atoms with E-state index in [4.69, 9.17) is 18.9 Å². The van der Waals surface area contributed by atoms with Gasteiger partial charge in [-0.25, -0.2) is 13.5 Å². The molecule has 26 nitrogen and oxygen atoms in total. The second-order valence-corrected chi connectivity index (χ2v) is 27.2. The van der Waals surface area contributed by atoms with E-state index in [1.807, 2.05) is 98.3 Å². The number of carboxylic acids is 1. The third-order valence-electron chi connectivity index (χ3n) is 14.8. The first-order valence-corrected chi connectivity index (χ1v) is 33.1. The van der Waals surface area contributed by atoms with Crippen molar-refractivity contribution in [2.45, 2.75) is 89.8 Å². The molecule has 5 atom stereocenters. The Bertz CT molecular complexity index is 4080. The fourth-order valence-electron chi connectivity index (χ4n) is 10.3. The summed E-state index contributed by atoms with van der Waals surface area (Å²) < 4.78 is 58.7. The Morgan fingerprint density at radius 2 is 1.64 bits per heavy atom. The maximum Gasteiger partial charge on any atom is 0.474 e. The van der Waals surface area contributed by atoms with Crippen molar-refractivity contribution in [3.8, 4) is 34.3 Å². The number of ether oxygens (including phenoxy) is 1. The van der Waals surface area contributed by atoms with Crippen LogP contribution in [-0.4, -0.2) is 143 Å². The van der Waals surface area contributed by atoms with Crippen LogP contribution in [0.5, 0.6) is 0 Å². The summed E-state index contributed by atoms with van der Waals surface area (Å²) >= 11 is 0. The van der Waals surface area contributed by atoms with Gasteiger partial charge >= 0.3 is 7.82 Å². The van der Waals surface area contributed by atoms with E-state index in [9.17, 15) is 67.3 Å². The molecule has 1 fully saturated rings. The van der Waals surface area contributed by atoms with Crippen LogP contribution in [0.25, 0.3) is 44.3 Å². The van der Waals surface area contributed by atoms with Gasteiger partial charge < -0.3 is 77.1 Å². The Hall–Kier alpha value is -7.75. The number of carbonyl (C=O) groups excluding carboxylic acids is 7. The number of benzene rings is 4. The fraction of sp³-hybridized carbons (Fsp3) is 0.367. The minimum Gasteiger partial charge on any atom is -0.778 e. The van der Waals surface area contributed by atoms with Crippen molar-refractivity contribution in [2.24, 2.45) is 0 Å². The molecule has 3 aliphatic heterocycles. The predicted octanol–water partition coefficient (Wildman–Crippen LogP) is 3.23. The van der Waals surface area contributed by atoms with Crippen LogP contribution in [0.2, 0.25) is 0 Å². The largest absolute Gasteiger partial charge is 0.778 e. The third-order valence-corrected chi connectivity index (χ3v) is 20.0. The first kappa shape index (κ1) is 67.2. The van der Waals surface area contributed by atoms with E-state index < -0.39 is 78.0 Å². The molecule has 8 rings (SSSR count). The van der Waals surface area contributed by atoms with Crippen LogP contribution in [-0.2, 0) is 64.3 Å². The number of phosphoric acid groups is 1. The van der Waals surface area contributed by atoms with Crippen molar-refractivity contribution in [3.05, 3.63) is 119 Å². The number of carboxylic acid groups (broad SMARTS) is 1. The molecule has 89 heavy (non-hydrogen) atoms. The SMILES string of the molecule is CCN(Cc1cn(CC(=O)NCCCC(=O)c2ccc(-c3c4ccc(=[N+](C)C)cc-4oc4cc(N(C)C)ccc34)c(C(=O)[O-])c2)c2ccccc12)C(=O)CCC(=O)CCC#CC1=CN(C2CC(O)C(COP(=O)([O-])CP(=O)([O-])OP(=O)(O)O)O2)C(=O)CC1=O. The van der Waals surface area contributed by atoms with E-state index in [1.165, 1.54) is 6.07 Å². The number of aromatic carboxylic acids is 1. The molecule has 0 radical (unpaired) electrons. The summed E-state index contributed by atoms with van der Waals surface area (Å²) in [6.45, 7) is 1.40. The van der Waals surface area contributed by atoms with Crippen LogP contribution in [0.1, 0.15) is 84.6 Å². The first-order valence-electron chi connectivity index (χ1n) is 28.1. The summed E-state index contributed by atoms with van der Waals surface area (Å²) in [5, 5.41) is 28.6. The van der Waals surface area contributed by atoms with Crippen molar-refractivity contribution < 1.29 is 95.0 Å². The van der Waals surface area contributed by atoms with E-state index in [2.05, 4.69) is 26.0 Å². The Labute approximate surface area is 510 Å². The normalized spacial score (nSPS) is 17.4. The van der Waals surface area contributed by atoms with Gasteiger partial charge in [-0.05, 0) is 54.8 Å². The molecule has 5 unspecified atom stereocenters. The number of rotatable bonds is 26. The molecule has 472 valence electrons. The van der Waals surface area contributed by atoms with Crippen molar-refractivity contribution >= 4 is 91.6 Å². The van der Waals surface area contributed by atoms with Gasteiger partial charge in [0.15, 0.2) is 19.2 Å². The lowest BCUT2D eigenvalue weighted by Crippen LogP contribution is -2.41. The van der Waals surface area contributed by atoms with E-state index in [0.29, 0.717) is 40.0 Å². The number of Topliss-reactive ketones (excluding diaryl/α,β-unsaturated/α-hetero) is 3. The zero-order valence-corrected chi connectivity index (χ0v) is 51.8. The van der Waals surface area contributed by atoms with E-state index >= 15 is 0 Å². The number of fused-ring (bicyclic) bond motifs is 3. The summed E-state index contributed by atoms with van der Waals surface area (Å²) in [6, 6.07) is 23.3. The highest BCUT2D eigenvalue weighted by molar-refractivity contribution is 7.72.